The number of nitrogens with zero attached hydrogens (tertiary/aromatic N) is 2. The number of hydrogen-bond donors (Lipinski definition) is 0. The van der Waals surface area contributed by atoms with Gasteiger partial charge in [-0.05, 0) is 46.4 Å². The Balaban J connectivity index is 2.09. The Hall–Kier alpha value is -2.50. The highest BCUT2D eigenvalue weighted by molar-refractivity contribution is 6.30. The van der Waals surface area contributed by atoms with Crippen LogP contribution in [0.1, 0.15) is 28.7 Å². The molecule has 0 amide bonds. The molecule has 0 saturated carbocycles. The molecule has 2 aromatic rings. The molecule has 0 heterocycles. The molecule has 0 unspecified atom stereocenters. The number of fused-ring (bicyclic) bond motifs is 2. The highest BCUT2D eigenvalue weighted by Gasteiger charge is 2.15. The van der Waals surface area contributed by atoms with Crippen LogP contribution in [0.15, 0.2) is 48.5 Å². The Labute approximate surface area is 141 Å². The van der Waals surface area contributed by atoms with Crippen molar-refractivity contribution in [3.05, 3.63) is 75.8 Å². The summed E-state index contributed by atoms with van der Waals surface area (Å²) in [6.07, 6.45) is 9.42. The van der Waals surface area contributed by atoms with E-state index in [1.54, 1.807) is 11.9 Å². The molecule has 1 aliphatic carbocycles. The summed E-state index contributed by atoms with van der Waals surface area (Å²) in [5, 5.41) is 9.63. The van der Waals surface area contributed by atoms with Crippen LogP contribution >= 0.6 is 11.6 Å². The molecule has 3 rings (SSSR count). The van der Waals surface area contributed by atoms with Crippen LogP contribution in [0.4, 0.5) is 0 Å². The van der Waals surface area contributed by atoms with Crippen molar-refractivity contribution in [2.24, 2.45) is 0 Å². The van der Waals surface area contributed by atoms with E-state index in [1.165, 1.54) is 16.7 Å². The molecule has 2 aromatic carbocycles. The first-order chi connectivity index (χ1) is 11.2. The fraction of sp³-hybridized carbons (Fsp3) is 0.150. The van der Waals surface area contributed by atoms with Crippen molar-refractivity contribution in [1.29, 1.82) is 5.26 Å². The molecule has 2 nitrogen and oxygen atoms in total. The lowest BCUT2D eigenvalue weighted by Crippen LogP contribution is -2.11. The molecule has 0 N–H and O–H groups in total. The number of nitriles is 1. The van der Waals surface area contributed by atoms with Gasteiger partial charge in [0.2, 0.25) is 0 Å². The average Bonchev–Trinajstić information content (AvgIpc) is 2.72. The van der Waals surface area contributed by atoms with E-state index in [2.05, 4.69) is 48.7 Å². The van der Waals surface area contributed by atoms with Crippen molar-refractivity contribution in [3.63, 3.8) is 0 Å². The first-order valence-electron chi connectivity index (χ1n) is 7.57. The lowest BCUT2D eigenvalue weighted by molar-refractivity contribution is 0.483. The van der Waals surface area contributed by atoms with E-state index in [4.69, 9.17) is 16.9 Å². The molecular weight excluding hydrogens is 304 g/mol. The van der Waals surface area contributed by atoms with E-state index in [0.29, 0.717) is 6.54 Å². The summed E-state index contributed by atoms with van der Waals surface area (Å²) in [6, 6.07) is 14.3. The van der Waals surface area contributed by atoms with Gasteiger partial charge in [-0.2, -0.15) is 5.26 Å². The maximum Gasteiger partial charge on any atom is 0.179 e. The monoisotopic (exact) mass is 320 g/mol. The maximum absolute atomic E-state index is 8.90. The van der Waals surface area contributed by atoms with Crippen LogP contribution < -0.4 is 0 Å². The Morgan fingerprint density at radius 2 is 1.83 bits per heavy atom. The van der Waals surface area contributed by atoms with Gasteiger partial charge in [0, 0.05) is 18.6 Å². The summed E-state index contributed by atoms with van der Waals surface area (Å²) in [5.41, 5.74) is 5.86. The molecule has 114 valence electrons. The van der Waals surface area contributed by atoms with Crippen LogP contribution in [0.3, 0.4) is 0 Å². The SMILES string of the molecule is CN(C#N)CCC=C1c2ccccc2C=Cc2ccc(Cl)cc21. The molecule has 0 spiro atoms. The molecule has 0 radical (unpaired) electrons. The summed E-state index contributed by atoms with van der Waals surface area (Å²) in [5.74, 6) is 0. The Morgan fingerprint density at radius 3 is 2.61 bits per heavy atom. The van der Waals surface area contributed by atoms with Crippen LogP contribution in [0.25, 0.3) is 17.7 Å². The summed E-state index contributed by atoms with van der Waals surface area (Å²) in [4.78, 5) is 1.64. The standard InChI is InChI=1S/C20H17ClN2/c1-23(14-22)12-4-7-19-18-6-3-2-5-15(18)8-9-16-10-11-17(21)13-20(16)19/h2-3,5-11,13H,4,12H2,1H3. The van der Waals surface area contributed by atoms with Gasteiger partial charge >= 0.3 is 0 Å². The smallest absolute Gasteiger partial charge is 0.179 e. The van der Waals surface area contributed by atoms with Crippen LogP contribution in [0.5, 0.6) is 0 Å². The lowest BCUT2D eigenvalue weighted by atomic mass is 9.93. The molecule has 1 aliphatic rings. The second kappa shape index (κ2) is 6.73. The topological polar surface area (TPSA) is 27.0 Å². The van der Waals surface area contributed by atoms with Crippen molar-refractivity contribution in [3.8, 4) is 6.19 Å². The second-order valence-electron chi connectivity index (χ2n) is 5.58. The molecule has 0 fully saturated rings. The molecule has 0 aromatic heterocycles. The summed E-state index contributed by atoms with van der Waals surface area (Å²) < 4.78 is 0. The number of benzene rings is 2. The van der Waals surface area contributed by atoms with Gasteiger partial charge in [0.05, 0.1) is 0 Å². The highest BCUT2D eigenvalue weighted by Crippen LogP contribution is 2.35. The maximum atomic E-state index is 8.90. The van der Waals surface area contributed by atoms with Crippen molar-refractivity contribution in [2.75, 3.05) is 13.6 Å². The van der Waals surface area contributed by atoms with Gasteiger partial charge in [-0.25, -0.2) is 0 Å². The van der Waals surface area contributed by atoms with Gasteiger partial charge < -0.3 is 4.90 Å². The van der Waals surface area contributed by atoms with Crippen LogP contribution in [-0.4, -0.2) is 18.5 Å². The van der Waals surface area contributed by atoms with Crippen LogP contribution in [0, 0.1) is 11.5 Å². The number of hydrogen-bond acceptors (Lipinski definition) is 2. The molecule has 0 aliphatic heterocycles. The van der Waals surface area contributed by atoms with Crippen molar-refractivity contribution in [2.45, 2.75) is 6.42 Å². The zero-order chi connectivity index (χ0) is 16.2. The molecular formula is C20H17ClN2. The third kappa shape index (κ3) is 3.31. The first kappa shape index (κ1) is 15.4. The fourth-order valence-corrected chi connectivity index (χ4v) is 2.96. The van der Waals surface area contributed by atoms with E-state index in [-0.39, 0.29) is 0 Å². The van der Waals surface area contributed by atoms with E-state index in [1.807, 2.05) is 18.2 Å². The summed E-state index contributed by atoms with van der Waals surface area (Å²) >= 11 is 6.23. The molecule has 0 bridgehead atoms. The van der Waals surface area contributed by atoms with E-state index in [0.717, 1.165) is 22.6 Å². The minimum atomic E-state index is 0.700. The Kier molecular flexibility index (Phi) is 4.50. The molecule has 0 atom stereocenters. The van der Waals surface area contributed by atoms with Gasteiger partial charge in [-0.1, -0.05) is 60.2 Å². The van der Waals surface area contributed by atoms with Gasteiger partial charge in [-0.15, -0.1) is 0 Å². The quantitative estimate of drug-likeness (QED) is 0.498. The van der Waals surface area contributed by atoms with Crippen LogP contribution in [-0.2, 0) is 0 Å². The van der Waals surface area contributed by atoms with Gasteiger partial charge in [-0.3, -0.25) is 0 Å². The third-order valence-electron chi connectivity index (χ3n) is 3.98. The molecule has 0 saturated heterocycles. The fourth-order valence-electron chi connectivity index (χ4n) is 2.79. The normalized spacial score (nSPS) is 13.9. The predicted molar refractivity (Wildman–Crippen MR) is 96.8 cm³/mol. The Morgan fingerprint density at radius 1 is 1.09 bits per heavy atom. The molecule has 3 heteroatoms. The summed E-state index contributed by atoms with van der Waals surface area (Å²) in [6.45, 7) is 0.700. The van der Waals surface area contributed by atoms with E-state index in [9.17, 15) is 0 Å². The van der Waals surface area contributed by atoms with Gasteiger partial charge in [0.15, 0.2) is 6.19 Å². The van der Waals surface area contributed by atoms with Crippen molar-refractivity contribution < 1.29 is 0 Å². The second-order valence-corrected chi connectivity index (χ2v) is 6.02. The third-order valence-corrected chi connectivity index (χ3v) is 4.22. The minimum Gasteiger partial charge on any atom is -0.313 e. The largest absolute Gasteiger partial charge is 0.313 e. The van der Waals surface area contributed by atoms with Crippen molar-refractivity contribution in [1.82, 2.24) is 4.90 Å². The highest BCUT2D eigenvalue weighted by atomic mass is 35.5. The van der Waals surface area contributed by atoms with E-state index >= 15 is 0 Å². The zero-order valence-electron chi connectivity index (χ0n) is 13.0. The number of rotatable bonds is 3. The zero-order valence-corrected chi connectivity index (χ0v) is 13.7. The van der Waals surface area contributed by atoms with Crippen molar-refractivity contribution >= 4 is 29.3 Å². The summed E-state index contributed by atoms with van der Waals surface area (Å²) in [7, 11) is 1.80. The van der Waals surface area contributed by atoms with Crippen LogP contribution in [0.2, 0.25) is 5.02 Å². The average molecular weight is 321 g/mol. The lowest BCUT2D eigenvalue weighted by Gasteiger charge is -2.13. The molecule has 23 heavy (non-hydrogen) atoms. The number of halogens is 1. The Bertz CT molecular complexity index is 828. The first-order valence-corrected chi connectivity index (χ1v) is 7.95. The van der Waals surface area contributed by atoms with Gasteiger partial charge in [0.1, 0.15) is 0 Å². The van der Waals surface area contributed by atoms with E-state index < -0.39 is 0 Å². The minimum absolute atomic E-state index is 0.700. The predicted octanol–water partition coefficient (Wildman–Crippen LogP) is 5.06. The van der Waals surface area contributed by atoms with Gasteiger partial charge in [0.25, 0.3) is 0 Å².